The van der Waals surface area contributed by atoms with Crippen LogP contribution in [0.2, 0.25) is 0 Å². The molecule has 2 aromatic heterocycles. The van der Waals surface area contributed by atoms with Gasteiger partial charge in [-0.15, -0.1) is 0 Å². The number of hydrogen-bond donors (Lipinski definition) is 3. The highest BCUT2D eigenvalue weighted by molar-refractivity contribution is 5.85. The van der Waals surface area contributed by atoms with E-state index in [1.807, 2.05) is 6.92 Å². The van der Waals surface area contributed by atoms with Gasteiger partial charge >= 0.3 is 0 Å². The van der Waals surface area contributed by atoms with Gasteiger partial charge in [0.15, 0.2) is 5.65 Å². The first-order chi connectivity index (χ1) is 13.0. The summed E-state index contributed by atoms with van der Waals surface area (Å²) in [5.41, 5.74) is 1.71. The molecule has 2 heterocycles. The lowest BCUT2D eigenvalue weighted by Crippen LogP contribution is -2.37. The van der Waals surface area contributed by atoms with Crippen LogP contribution in [0.15, 0.2) is 36.8 Å². The Bertz CT molecular complexity index is 908. The Morgan fingerprint density at radius 2 is 1.93 bits per heavy atom. The van der Waals surface area contributed by atoms with E-state index in [4.69, 9.17) is 0 Å². The van der Waals surface area contributed by atoms with Gasteiger partial charge in [0, 0.05) is 17.6 Å². The Labute approximate surface area is 155 Å². The quantitative estimate of drug-likeness (QED) is 0.618. The van der Waals surface area contributed by atoms with Gasteiger partial charge in [0.2, 0.25) is 0 Å². The van der Waals surface area contributed by atoms with Crippen LogP contribution in [0.3, 0.4) is 0 Å². The van der Waals surface area contributed by atoms with Crippen molar-refractivity contribution in [2.45, 2.75) is 44.2 Å². The van der Waals surface area contributed by atoms with Crippen molar-refractivity contribution < 1.29 is 8.78 Å². The molecule has 0 unspecified atom stereocenters. The number of aromatic nitrogens is 4. The summed E-state index contributed by atoms with van der Waals surface area (Å²) >= 11 is 0. The third kappa shape index (κ3) is 3.90. The van der Waals surface area contributed by atoms with E-state index in [1.54, 1.807) is 18.3 Å². The van der Waals surface area contributed by atoms with Gasteiger partial charge in [0.1, 0.15) is 12.1 Å². The van der Waals surface area contributed by atoms with E-state index in [0.29, 0.717) is 5.65 Å². The Morgan fingerprint density at radius 1 is 1.15 bits per heavy atom. The standard InChI is InChI=1S/C19H22F2N6/c1-12-2-4-13(5-3-12)19(20,21)10-22-14-6-7-15(8-14)26-17-16-9-25-27-18(16)24-11-23-17/h2-5,9,11,14-15,22H,6-8,10H2,1H3,(H2,23,24,25,26,27)/t14-,15-/m0/s1. The van der Waals surface area contributed by atoms with Gasteiger partial charge in [-0.2, -0.15) is 13.9 Å². The smallest absolute Gasteiger partial charge is 0.285 e. The molecule has 1 aromatic carbocycles. The lowest BCUT2D eigenvalue weighted by Gasteiger charge is -2.21. The van der Waals surface area contributed by atoms with Gasteiger partial charge < -0.3 is 10.6 Å². The molecule has 0 aliphatic heterocycles. The van der Waals surface area contributed by atoms with Gasteiger partial charge in [-0.05, 0) is 26.2 Å². The number of fused-ring (bicyclic) bond motifs is 1. The van der Waals surface area contributed by atoms with Crippen LogP contribution in [0.4, 0.5) is 14.6 Å². The number of halogens is 2. The summed E-state index contributed by atoms with van der Waals surface area (Å²) in [6.07, 6.45) is 5.69. The number of hydrogen-bond acceptors (Lipinski definition) is 5. The first-order valence-electron chi connectivity index (χ1n) is 9.10. The maximum absolute atomic E-state index is 14.4. The predicted octanol–water partition coefficient (Wildman–Crippen LogP) is 3.38. The number of nitrogens with one attached hydrogen (secondary N) is 3. The van der Waals surface area contributed by atoms with Crippen LogP contribution in [0.25, 0.3) is 11.0 Å². The molecule has 27 heavy (non-hydrogen) atoms. The number of aromatic amines is 1. The van der Waals surface area contributed by atoms with E-state index >= 15 is 0 Å². The number of anilines is 1. The summed E-state index contributed by atoms with van der Waals surface area (Å²) in [5.74, 6) is -2.15. The van der Waals surface area contributed by atoms with Crippen LogP contribution in [0, 0.1) is 6.92 Å². The molecule has 1 aliphatic rings. The van der Waals surface area contributed by atoms with E-state index < -0.39 is 5.92 Å². The van der Waals surface area contributed by atoms with E-state index in [9.17, 15) is 8.78 Å². The molecular formula is C19H22F2N6. The lowest BCUT2D eigenvalue weighted by atomic mass is 10.1. The summed E-state index contributed by atoms with van der Waals surface area (Å²) in [7, 11) is 0. The third-order valence-electron chi connectivity index (χ3n) is 5.11. The number of aryl methyl sites for hydroxylation is 1. The second-order valence-corrected chi connectivity index (χ2v) is 7.16. The SMILES string of the molecule is Cc1ccc(C(F)(F)CN[C@H]2CC[C@H](Nc3ncnc4[nH]ncc34)C2)cc1. The number of nitrogens with zero attached hydrogens (tertiary/aromatic N) is 3. The summed E-state index contributed by atoms with van der Waals surface area (Å²) in [5, 5.41) is 14.1. The fourth-order valence-corrected chi connectivity index (χ4v) is 3.54. The zero-order valence-electron chi connectivity index (χ0n) is 15.0. The highest BCUT2D eigenvalue weighted by Crippen LogP contribution is 2.29. The highest BCUT2D eigenvalue weighted by atomic mass is 19.3. The average molecular weight is 372 g/mol. The van der Waals surface area contributed by atoms with E-state index in [2.05, 4.69) is 30.8 Å². The van der Waals surface area contributed by atoms with Gasteiger partial charge in [0.25, 0.3) is 5.92 Å². The molecule has 3 aromatic rings. The molecule has 1 aliphatic carbocycles. The molecule has 142 valence electrons. The van der Waals surface area contributed by atoms with E-state index in [-0.39, 0.29) is 24.2 Å². The molecule has 1 fully saturated rings. The third-order valence-corrected chi connectivity index (χ3v) is 5.11. The van der Waals surface area contributed by atoms with Gasteiger partial charge in [-0.3, -0.25) is 5.10 Å². The largest absolute Gasteiger partial charge is 0.367 e. The molecule has 0 bridgehead atoms. The number of benzene rings is 1. The van der Waals surface area contributed by atoms with E-state index in [1.165, 1.54) is 18.5 Å². The lowest BCUT2D eigenvalue weighted by molar-refractivity contribution is -0.00559. The summed E-state index contributed by atoms with van der Waals surface area (Å²) in [6, 6.07) is 6.68. The van der Waals surface area contributed by atoms with Crippen LogP contribution < -0.4 is 10.6 Å². The zero-order valence-corrected chi connectivity index (χ0v) is 15.0. The fraction of sp³-hybridized carbons (Fsp3) is 0.421. The van der Waals surface area contributed by atoms with Crippen LogP contribution in [-0.4, -0.2) is 38.8 Å². The number of rotatable bonds is 6. The van der Waals surface area contributed by atoms with Crippen molar-refractivity contribution in [3.63, 3.8) is 0 Å². The minimum atomic E-state index is -2.88. The Kier molecular flexibility index (Phi) is 4.73. The molecule has 2 atom stereocenters. The summed E-state index contributed by atoms with van der Waals surface area (Å²) in [6.45, 7) is 1.54. The van der Waals surface area contributed by atoms with Crippen molar-refractivity contribution in [1.82, 2.24) is 25.5 Å². The maximum atomic E-state index is 14.4. The van der Waals surface area contributed by atoms with Gasteiger partial charge in [-0.25, -0.2) is 9.97 Å². The van der Waals surface area contributed by atoms with Crippen molar-refractivity contribution in [3.8, 4) is 0 Å². The summed E-state index contributed by atoms with van der Waals surface area (Å²) < 4.78 is 28.8. The van der Waals surface area contributed by atoms with Crippen LogP contribution in [0.5, 0.6) is 0 Å². The molecule has 0 saturated heterocycles. The fourth-order valence-electron chi connectivity index (χ4n) is 3.54. The van der Waals surface area contributed by atoms with Crippen molar-refractivity contribution in [2.75, 3.05) is 11.9 Å². The summed E-state index contributed by atoms with van der Waals surface area (Å²) in [4.78, 5) is 8.39. The predicted molar refractivity (Wildman–Crippen MR) is 99.8 cm³/mol. The van der Waals surface area contributed by atoms with Crippen LogP contribution in [0.1, 0.15) is 30.4 Å². The van der Waals surface area contributed by atoms with Gasteiger partial charge in [0.05, 0.1) is 18.1 Å². The Morgan fingerprint density at radius 3 is 2.74 bits per heavy atom. The monoisotopic (exact) mass is 372 g/mol. The second-order valence-electron chi connectivity index (χ2n) is 7.16. The average Bonchev–Trinajstić information content (AvgIpc) is 3.30. The Balaban J connectivity index is 1.33. The molecule has 0 radical (unpaired) electrons. The molecule has 3 N–H and O–H groups in total. The first kappa shape index (κ1) is 17.8. The van der Waals surface area contributed by atoms with Gasteiger partial charge in [-0.1, -0.05) is 29.8 Å². The molecule has 0 spiro atoms. The van der Waals surface area contributed by atoms with Crippen LogP contribution in [-0.2, 0) is 5.92 Å². The van der Waals surface area contributed by atoms with E-state index in [0.717, 1.165) is 36.0 Å². The van der Waals surface area contributed by atoms with Crippen molar-refractivity contribution >= 4 is 16.9 Å². The van der Waals surface area contributed by atoms with Crippen molar-refractivity contribution in [1.29, 1.82) is 0 Å². The minimum Gasteiger partial charge on any atom is -0.367 e. The Hall–Kier alpha value is -2.61. The van der Waals surface area contributed by atoms with Crippen molar-refractivity contribution in [3.05, 3.63) is 47.9 Å². The first-order valence-corrected chi connectivity index (χ1v) is 9.10. The molecular weight excluding hydrogens is 350 g/mol. The normalized spacial score (nSPS) is 20.3. The van der Waals surface area contributed by atoms with Crippen LogP contribution >= 0.6 is 0 Å². The molecule has 0 amide bonds. The molecule has 8 heteroatoms. The highest BCUT2D eigenvalue weighted by Gasteiger charge is 2.33. The molecule has 1 saturated carbocycles. The van der Waals surface area contributed by atoms with Crippen molar-refractivity contribution in [2.24, 2.45) is 0 Å². The zero-order chi connectivity index (χ0) is 18.9. The minimum absolute atomic E-state index is 0.0524. The maximum Gasteiger partial charge on any atom is 0.285 e. The number of alkyl halides is 2. The molecule has 4 rings (SSSR count). The second kappa shape index (κ2) is 7.19. The molecule has 6 nitrogen and oxygen atoms in total. The number of H-pyrrole nitrogens is 1. The topological polar surface area (TPSA) is 78.5 Å².